The molecule has 0 aliphatic rings. The van der Waals surface area contributed by atoms with Crippen molar-refractivity contribution in [1.29, 1.82) is 0 Å². The number of hydrogen-bond donors (Lipinski definition) is 1. The number of carbonyl (C=O) groups excluding carboxylic acids is 1. The van der Waals surface area contributed by atoms with Gasteiger partial charge in [0.05, 0.1) is 24.1 Å². The second-order valence-electron chi connectivity index (χ2n) is 9.01. The molecule has 0 aliphatic carbocycles. The zero-order valence-electron chi connectivity index (χ0n) is 20.6. The van der Waals surface area contributed by atoms with Crippen molar-refractivity contribution < 1.29 is 9.53 Å². The smallest absolute Gasteiger partial charge is 0.224 e. The Labute approximate surface area is 208 Å². The van der Waals surface area contributed by atoms with Crippen molar-refractivity contribution >= 4 is 16.9 Å². The quantitative estimate of drug-likeness (QED) is 0.249. The largest absolute Gasteiger partial charge is 0.494 e. The number of para-hydroxylation sites is 2. The molecule has 1 amide bonds. The molecule has 0 radical (unpaired) electrons. The van der Waals surface area contributed by atoms with E-state index in [-0.39, 0.29) is 5.91 Å². The summed E-state index contributed by atoms with van der Waals surface area (Å²) in [4.78, 5) is 17.0. The number of nitrogens with zero attached hydrogens (tertiary/aromatic N) is 2. The Bertz CT molecular complexity index is 1220. The average Bonchev–Trinajstić information content (AvgIpc) is 3.22. The van der Waals surface area contributed by atoms with Crippen LogP contribution in [0.1, 0.15) is 42.6 Å². The van der Waals surface area contributed by atoms with E-state index < -0.39 is 0 Å². The van der Waals surface area contributed by atoms with Crippen LogP contribution in [0.2, 0.25) is 0 Å². The summed E-state index contributed by atoms with van der Waals surface area (Å²) in [5.74, 6) is 2.15. The lowest BCUT2D eigenvalue weighted by Gasteiger charge is -2.11. The van der Waals surface area contributed by atoms with Gasteiger partial charge in [-0.15, -0.1) is 0 Å². The van der Waals surface area contributed by atoms with Crippen molar-refractivity contribution in [2.24, 2.45) is 0 Å². The summed E-state index contributed by atoms with van der Waals surface area (Å²) in [5.41, 5.74) is 4.50. The van der Waals surface area contributed by atoms with E-state index in [4.69, 9.17) is 9.72 Å². The minimum Gasteiger partial charge on any atom is -0.494 e. The number of unbranched alkanes of at least 4 members (excludes halogenated alkanes) is 2. The second kappa shape index (κ2) is 12.7. The molecular formula is C30H35N3O2. The number of aromatic nitrogens is 2. The fourth-order valence-electron chi connectivity index (χ4n) is 4.34. The maximum absolute atomic E-state index is 12.1. The minimum absolute atomic E-state index is 0.0888. The van der Waals surface area contributed by atoms with E-state index >= 15 is 0 Å². The van der Waals surface area contributed by atoms with E-state index in [1.165, 1.54) is 11.1 Å². The number of aryl methyl sites for hydroxylation is 3. The first kappa shape index (κ1) is 24.5. The molecule has 35 heavy (non-hydrogen) atoms. The van der Waals surface area contributed by atoms with E-state index in [2.05, 4.69) is 47.1 Å². The molecular weight excluding hydrogens is 434 g/mol. The summed E-state index contributed by atoms with van der Waals surface area (Å²) in [6, 6.07) is 26.4. The number of hydrogen-bond acceptors (Lipinski definition) is 3. The molecule has 4 rings (SSSR count). The number of ether oxygens (including phenoxy) is 1. The maximum Gasteiger partial charge on any atom is 0.224 e. The van der Waals surface area contributed by atoms with Crippen molar-refractivity contribution in [1.82, 2.24) is 14.9 Å². The number of carbonyl (C=O) groups is 1. The number of nitrogens with one attached hydrogen (secondary N) is 1. The molecule has 4 aromatic rings. The van der Waals surface area contributed by atoms with Crippen LogP contribution in [-0.2, 0) is 24.2 Å². The highest BCUT2D eigenvalue weighted by molar-refractivity contribution is 5.78. The van der Waals surface area contributed by atoms with Gasteiger partial charge in [-0.05, 0) is 61.6 Å². The first-order valence-corrected chi connectivity index (χ1v) is 12.6. The molecule has 5 heteroatoms. The van der Waals surface area contributed by atoms with Crippen LogP contribution in [0.25, 0.3) is 11.0 Å². The van der Waals surface area contributed by atoms with Gasteiger partial charge in [0, 0.05) is 19.5 Å². The van der Waals surface area contributed by atoms with Gasteiger partial charge in [0.2, 0.25) is 5.91 Å². The van der Waals surface area contributed by atoms with Gasteiger partial charge in [0.15, 0.2) is 0 Å². The van der Waals surface area contributed by atoms with Crippen LogP contribution >= 0.6 is 0 Å². The SMILES string of the molecule is Cc1cccc(OCCCn2c(CCCCCNC(=O)Cc3ccccc3)nc3ccccc32)c1. The Morgan fingerprint density at radius 1 is 0.914 bits per heavy atom. The monoisotopic (exact) mass is 469 g/mol. The van der Waals surface area contributed by atoms with Crippen LogP contribution in [0.3, 0.4) is 0 Å². The van der Waals surface area contributed by atoms with E-state index in [0.717, 1.165) is 67.8 Å². The summed E-state index contributed by atoms with van der Waals surface area (Å²) < 4.78 is 8.29. The third-order valence-corrected chi connectivity index (χ3v) is 6.12. The molecule has 0 spiro atoms. The lowest BCUT2D eigenvalue weighted by molar-refractivity contribution is -0.120. The minimum atomic E-state index is 0.0888. The summed E-state index contributed by atoms with van der Waals surface area (Å²) >= 11 is 0. The molecule has 182 valence electrons. The van der Waals surface area contributed by atoms with Crippen LogP contribution in [0, 0.1) is 6.92 Å². The summed E-state index contributed by atoms with van der Waals surface area (Å²) in [6.45, 7) is 4.36. The fraction of sp³-hybridized carbons (Fsp3) is 0.333. The van der Waals surface area contributed by atoms with Crippen LogP contribution < -0.4 is 10.1 Å². The summed E-state index contributed by atoms with van der Waals surface area (Å²) in [5, 5.41) is 3.04. The Morgan fingerprint density at radius 3 is 2.60 bits per heavy atom. The van der Waals surface area contributed by atoms with Gasteiger partial charge in [-0.2, -0.15) is 0 Å². The molecule has 0 atom stereocenters. The number of rotatable bonds is 13. The van der Waals surface area contributed by atoms with Gasteiger partial charge in [-0.25, -0.2) is 4.98 Å². The zero-order valence-corrected chi connectivity index (χ0v) is 20.6. The van der Waals surface area contributed by atoms with E-state index in [1.807, 2.05) is 48.5 Å². The maximum atomic E-state index is 12.1. The molecule has 5 nitrogen and oxygen atoms in total. The molecule has 1 heterocycles. The third kappa shape index (κ3) is 7.44. The van der Waals surface area contributed by atoms with Crippen molar-refractivity contribution in [2.45, 2.75) is 52.0 Å². The van der Waals surface area contributed by atoms with Gasteiger partial charge in [-0.1, -0.05) is 61.0 Å². The van der Waals surface area contributed by atoms with Crippen molar-refractivity contribution in [3.63, 3.8) is 0 Å². The highest BCUT2D eigenvalue weighted by atomic mass is 16.5. The predicted octanol–water partition coefficient (Wildman–Crippen LogP) is 5.89. The molecule has 0 unspecified atom stereocenters. The zero-order chi connectivity index (χ0) is 24.3. The first-order valence-electron chi connectivity index (χ1n) is 12.6. The Balaban J connectivity index is 1.22. The Hall–Kier alpha value is -3.60. The molecule has 0 aliphatic heterocycles. The van der Waals surface area contributed by atoms with Crippen LogP contribution in [0.5, 0.6) is 5.75 Å². The highest BCUT2D eigenvalue weighted by Crippen LogP contribution is 2.19. The van der Waals surface area contributed by atoms with Gasteiger partial charge >= 0.3 is 0 Å². The van der Waals surface area contributed by atoms with Crippen molar-refractivity contribution in [3.05, 3.63) is 95.8 Å². The van der Waals surface area contributed by atoms with Crippen LogP contribution in [-0.4, -0.2) is 28.6 Å². The van der Waals surface area contributed by atoms with E-state index in [9.17, 15) is 4.79 Å². The van der Waals surface area contributed by atoms with E-state index in [0.29, 0.717) is 13.0 Å². The van der Waals surface area contributed by atoms with Gasteiger partial charge in [-0.3, -0.25) is 4.79 Å². The predicted molar refractivity (Wildman–Crippen MR) is 142 cm³/mol. The summed E-state index contributed by atoms with van der Waals surface area (Å²) in [6.07, 6.45) is 5.40. The number of fused-ring (bicyclic) bond motifs is 1. The lowest BCUT2D eigenvalue weighted by atomic mass is 10.1. The third-order valence-electron chi connectivity index (χ3n) is 6.12. The second-order valence-corrected chi connectivity index (χ2v) is 9.01. The molecule has 0 bridgehead atoms. The fourth-order valence-corrected chi connectivity index (χ4v) is 4.34. The lowest BCUT2D eigenvalue weighted by Crippen LogP contribution is -2.26. The normalized spacial score (nSPS) is 11.0. The average molecular weight is 470 g/mol. The van der Waals surface area contributed by atoms with Gasteiger partial charge < -0.3 is 14.6 Å². The molecule has 0 fully saturated rings. The Morgan fingerprint density at radius 2 is 1.74 bits per heavy atom. The van der Waals surface area contributed by atoms with Gasteiger partial charge in [0.1, 0.15) is 11.6 Å². The summed E-state index contributed by atoms with van der Waals surface area (Å²) in [7, 11) is 0. The van der Waals surface area contributed by atoms with E-state index in [1.54, 1.807) is 0 Å². The van der Waals surface area contributed by atoms with Gasteiger partial charge in [0.25, 0.3) is 0 Å². The molecule has 0 saturated heterocycles. The topological polar surface area (TPSA) is 56.1 Å². The van der Waals surface area contributed by atoms with Crippen molar-refractivity contribution in [2.75, 3.05) is 13.2 Å². The molecule has 1 N–H and O–H groups in total. The molecule has 0 saturated carbocycles. The number of imidazole rings is 1. The Kier molecular flexibility index (Phi) is 8.93. The van der Waals surface area contributed by atoms with Crippen LogP contribution in [0.4, 0.5) is 0 Å². The molecule has 1 aromatic heterocycles. The number of benzene rings is 3. The van der Waals surface area contributed by atoms with Crippen molar-refractivity contribution in [3.8, 4) is 5.75 Å². The van der Waals surface area contributed by atoms with Crippen LogP contribution in [0.15, 0.2) is 78.9 Å². The first-order chi connectivity index (χ1) is 17.2. The number of amides is 1. The highest BCUT2D eigenvalue weighted by Gasteiger charge is 2.10. The molecule has 3 aromatic carbocycles. The standard InChI is InChI=1S/C30H35N3O2/c1-24-12-10-15-26(22-24)35-21-11-20-33-28-17-8-7-16-27(28)32-29(33)18-6-3-9-19-31-30(34)23-25-13-4-2-5-14-25/h2,4-5,7-8,10,12-17,22H,3,6,9,11,18-21,23H2,1H3,(H,31,34).